The summed E-state index contributed by atoms with van der Waals surface area (Å²) in [5.74, 6) is 0.150. The molecule has 1 saturated carbocycles. The number of hydrogen-bond donors (Lipinski definition) is 2. The Morgan fingerprint density at radius 3 is 2.75 bits per heavy atom. The average Bonchev–Trinajstić information content (AvgIpc) is 2.96. The average molecular weight is 243 g/mol. The van der Waals surface area contributed by atoms with E-state index in [0.29, 0.717) is 29.9 Å². The Kier molecular flexibility index (Phi) is 5.15. The summed E-state index contributed by atoms with van der Waals surface area (Å²) in [6.07, 6.45) is 3.53. The number of nitrogens with one attached hydrogen (secondary N) is 1. The highest BCUT2D eigenvalue weighted by Gasteiger charge is 2.23. The fourth-order valence-corrected chi connectivity index (χ4v) is 1.71. The minimum atomic E-state index is 0.150. The summed E-state index contributed by atoms with van der Waals surface area (Å²) < 4.78 is 0. The van der Waals surface area contributed by atoms with E-state index in [4.69, 9.17) is 18.0 Å². The van der Waals surface area contributed by atoms with Gasteiger partial charge in [0.2, 0.25) is 5.91 Å². The second-order valence-electron chi connectivity index (χ2n) is 4.59. The first-order chi connectivity index (χ1) is 7.49. The molecule has 0 aromatic carbocycles. The van der Waals surface area contributed by atoms with Crippen LogP contribution in [0.2, 0.25) is 0 Å². The van der Waals surface area contributed by atoms with E-state index in [2.05, 4.69) is 17.1 Å². The predicted octanol–water partition coefficient (Wildman–Crippen LogP) is 0.652. The molecule has 0 bridgehead atoms. The summed E-state index contributed by atoms with van der Waals surface area (Å²) in [5.41, 5.74) is 5.49. The molecule has 1 rings (SSSR count). The van der Waals surface area contributed by atoms with Crippen molar-refractivity contribution in [2.75, 3.05) is 13.6 Å². The van der Waals surface area contributed by atoms with Gasteiger partial charge in [-0.2, -0.15) is 0 Å². The molecule has 1 atom stereocenters. The molecule has 4 nitrogen and oxygen atoms in total. The van der Waals surface area contributed by atoms with E-state index in [1.54, 1.807) is 0 Å². The predicted molar refractivity (Wildman–Crippen MR) is 69.3 cm³/mol. The van der Waals surface area contributed by atoms with Gasteiger partial charge >= 0.3 is 0 Å². The van der Waals surface area contributed by atoms with Gasteiger partial charge in [0, 0.05) is 31.5 Å². The molecule has 3 N–H and O–H groups in total. The number of nitrogens with zero attached hydrogens (tertiary/aromatic N) is 1. The molecular weight excluding hydrogens is 222 g/mol. The Balaban J connectivity index is 2.14. The van der Waals surface area contributed by atoms with Crippen molar-refractivity contribution in [2.45, 2.75) is 44.7 Å². The third-order valence-electron chi connectivity index (χ3n) is 2.88. The molecule has 0 spiro atoms. The van der Waals surface area contributed by atoms with E-state index >= 15 is 0 Å². The number of amides is 1. The zero-order valence-corrected chi connectivity index (χ0v) is 10.8. The lowest BCUT2D eigenvalue weighted by Crippen LogP contribution is -2.36. The summed E-state index contributed by atoms with van der Waals surface area (Å²) in [5, 5.41) is 2.97. The second-order valence-corrected chi connectivity index (χ2v) is 5.12. The van der Waals surface area contributed by atoms with Crippen LogP contribution in [0.15, 0.2) is 0 Å². The van der Waals surface area contributed by atoms with Gasteiger partial charge in [-0.25, -0.2) is 0 Å². The fraction of sp³-hybridized carbons (Fsp3) is 0.818. The molecule has 1 aliphatic rings. The van der Waals surface area contributed by atoms with Gasteiger partial charge in [0.25, 0.3) is 0 Å². The summed E-state index contributed by atoms with van der Waals surface area (Å²) in [6.45, 7) is 2.82. The number of carbonyl (C=O) groups excluding carboxylic acids is 1. The zero-order valence-electron chi connectivity index (χ0n) is 10.0. The lowest BCUT2D eigenvalue weighted by atomic mass is 10.2. The van der Waals surface area contributed by atoms with E-state index in [0.717, 1.165) is 19.4 Å². The fourth-order valence-electron chi connectivity index (χ4n) is 1.47. The molecule has 1 aliphatic carbocycles. The normalized spacial score (nSPS) is 17.2. The number of rotatable bonds is 7. The van der Waals surface area contributed by atoms with Crippen molar-refractivity contribution in [3.8, 4) is 0 Å². The van der Waals surface area contributed by atoms with Gasteiger partial charge in [-0.15, -0.1) is 0 Å². The number of carbonyl (C=O) groups is 1. The van der Waals surface area contributed by atoms with Gasteiger partial charge in [-0.05, 0) is 26.8 Å². The minimum Gasteiger partial charge on any atom is -0.393 e. The molecule has 0 aromatic heterocycles. The van der Waals surface area contributed by atoms with Gasteiger partial charge in [-0.1, -0.05) is 12.2 Å². The third kappa shape index (κ3) is 5.42. The molecule has 0 saturated heterocycles. The Bertz CT molecular complexity index is 266. The molecule has 0 heterocycles. The maximum Gasteiger partial charge on any atom is 0.221 e. The van der Waals surface area contributed by atoms with E-state index < -0.39 is 0 Å². The van der Waals surface area contributed by atoms with Crippen LogP contribution >= 0.6 is 12.2 Å². The van der Waals surface area contributed by atoms with Crippen LogP contribution in [0.3, 0.4) is 0 Å². The van der Waals surface area contributed by atoms with Crippen molar-refractivity contribution in [3.63, 3.8) is 0 Å². The van der Waals surface area contributed by atoms with Crippen LogP contribution in [0.1, 0.15) is 32.6 Å². The van der Waals surface area contributed by atoms with Crippen molar-refractivity contribution in [1.29, 1.82) is 0 Å². The summed E-state index contributed by atoms with van der Waals surface area (Å²) >= 11 is 4.86. The van der Waals surface area contributed by atoms with Gasteiger partial charge in [0.1, 0.15) is 0 Å². The molecule has 1 fully saturated rings. The molecule has 0 aromatic rings. The molecule has 16 heavy (non-hydrogen) atoms. The van der Waals surface area contributed by atoms with Crippen LogP contribution in [-0.2, 0) is 4.79 Å². The SMILES string of the molecule is CC(CC(N)=S)N(C)CCC(=O)NC1CC1. The smallest absolute Gasteiger partial charge is 0.221 e. The molecule has 92 valence electrons. The van der Waals surface area contributed by atoms with Crippen LogP contribution < -0.4 is 11.1 Å². The largest absolute Gasteiger partial charge is 0.393 e. The van der Waals surface area contributed by atoms with Gasteiger partial charge in [-0.3, -0.25) is 4.79 Å². The third-order valence-corrected chi connectivity index (χ3v) is 3.05. The molecule has 1 unspecified atom stereocenters. The summed E-state index contributed by atoms with van der Waals surface area (Å²) in [4.78, 5) is 14.1. The van der Waals surface area contributed by atoms with E-state index in [1.807, 2.05) is 7.05 Å². The highest BCUT2D eigenvalue weighted by Crippen LogP contribution is 2.18. The Morgan fingerprint density at radius 2 is 2.25 bits per heavy atom. The maximum atomic E-state index is 11.5. The first kappa shape index (κ1) is 13.4. The molecule has 5 heteroatoms. The summed E-state index contributed by atoms with van der Waals surface area (Å²) in [7, 11) is 1.99. The molecular formula is C11H21N3OS. The van der Waals surface area contributed by atoms with Crippen LogP contribution in [0.5, 0.6) is 0 Å². The van der Waals surface area contributed by atoms with Crippen molar-refractivity contribution < 1.29 is 4.79 Å². The lowest BCUT2D eigenvalue weighted by molar-refractivity contribution is -0.121. The van der Waals surface area contributed by atoms with Crippen LogP contribution in [0, 0.1) is 0 Å². The van der Waals surface area contributed by atoms with Crippen molar-refractivity contribution in [1.82, 2.24) is 10.2 Å². The first-order valence-corrected chi connectivity index (χ1v) is 6.17. The molecule has 0 aliphatic heterocycles. The molecule has 1 amide bonds. The second kappa shape index (κ2) is 6.15. The zero-order chi connectivity index (χ0) is 12.1. The van der Waals surface area contributed by atoms with Crippen molar-refractivity contribution in [2.24, 2.45) is 5.73 Å². The van der Waals surface area contributed by atoms with Crippen molar-refractivity contribution >= 4 is 23.1 Å². The highest BCUT2D eigenvalue weighted by molar-refractivity contribution is 7.80. The van der Waals surface area contributed by atoms with Crippen molar-refractivity contribution in [3.05, 3.63) is 0 Å². The van der Waals surface area contributed by atoms with Gasteiger partial charge in [0.15, 0.2) is 0 Å². The van der Waals surface area contributed by atoms with Crippen LogP contribution in [0.25, 0.3) is 0 Å². The van der Waals surface area contributed by atoms with Crippen LogP contribution in [0.4, 0.5) is 0 Å². The highest BCUT2D eigenvalue weighted by atomic mass is 32.1. The minimum absolute atomic E-state index is 0.150. The Labute approximate surface area is 103 Å². The van der Waals surface area contributed by atoms with E-state index in [1.165, 1.54) is 0 Å². The topological polar surface area (TPSA) is 58.4 Å². The van der Waals surface area contributed by atoms with Gasteiger partial charge < -0.3 is 16.0 Å². The molecule has 0 radical (unpaired) electrons. The monoisotopic (exact) mass is 243 g/mol. The number of nitrogens with two attached hydrogens (primary N) is 1. The quantitative estimate of drug-likeness (QED) is 0.645. The number of thiocarbonyl (C=S) groups is 1. The Morgan fingerprint density at radius 1 is 1.62 bits per heavy atom. The summed E-state index contributed by atoms with van der Waals surface area (Å²) in [6, 6.07) is 0.748. The standard InChI is InChI=1S/C11H21N3OS/c1-8(7-10(12)16)14(2)6-5-11(15)13-9-3-4-9/h8-9H,3-7H2,1-2H3,(H2,12,16)(H,13,15). The van der Waals surface area contributed by atoms with Crippen LogP contribution in [-0.4, -0.2) is 41.5 Å². The Hall–Kier alpha value is -0.680. The van der Waals surface area contributed by atoms with E-state index in [9.17, 15) is 4.79 Å². The first-order valence-electron chi connectivity index (χ1n) is 5.77. The van der Waals surface area contributed by atoms with Gasteiger partial charge in [0.05, 0.1) is 4.99 Å². The number of hydrogen-bond acceptors (Lipinski definition) is 3. The van der Waals surface area contributed by atoms with E-state index in [-0.39, 0.29) is 5.91 Å². The maximum absolute atomic E-state index is 11.5. The lowest BCUT2D eigenvalue weighted by Gasteiger charge is -2.23.